The molecule has 4 heterocycles. The van der Waals surface area contributed by atoms with Gasteiger partial charge in [-0.2, -0.15) is 10.4 Å². The van der Waals surface area contributed by atoms with Crippen LogP contribution < -0.4 is 10.5 Å². The summed E-state index contributed by atoms with van der Waals surface area (Å²) in [7, 11) is 1.75. The van der Waals surface area contributed by atoms with Crippen molar-refractivity contribution in [2.75, 3.05) is 18.0 Å². The first-order chi connectivity index (χ1) is 16.3. The smallest absolute Gasteiger partial charge is 0.252 e. The van der Waals surface area contributed by atoms with Crippen LogP contribution in [0.5, 0.6) is 0 Å². The van der Waals surface area contributed by atoms with Crippen LogP contribution in [0.15, 0.2) is 23.3 Å². The van der Waals surface area contributed by atoms with Gasteiger partial charge in [0.2, 0.25) is 0 Å². The molecule has 0 radical (unpaired) electrons. The van der Waals surface area contributed by atoms with Gasteiger partial charge in [-0.25, -0.2) is 4.98 Å². The van der Waals surface area contributed by atoms with Gasteiger partial charge in [-0.15, -0.1) is 0 Å². The molecule has 1 fully saturated rings. The summed E-state index contributed by atoms with van der Waals surface area (Å²) >= 11 is 6.38. The monoisotopic (exact) mass is 484 g/mol. The van der Waals surface area contributed by atoms with Crippen LogP contribution in [0.1, 0.15) is 52.4 Å². The summed E-state index contributed by atoms with van der Waals surface area (Å²) in [5, 5.41) is 14.5. The summed E-state index contributed by atoms with van der Waals surface area (Å²) in [5.41, 5.74) is 2.29. The molecular formula is C24H33ClN8O. The summed E-state index contributed by atoms with van der Waals surface area (Å²) in [4.78, 5) is 22.4. The van der Waals surface area contributed by atoms with Gasteiger partial charge in [0.05, 0.1) is 35.7 Å². The van der Waals surface area contributed by atoms with E-state index in [4.69, 9.17) is 16.9 Å². The van der Waals surface area contributed by atoms with Crippen molar-refractivity contribution < 1.29 is 0 Å². The first-order valence-electron chi connectivity index (χ1n) is 12.0. The molecule has 10 heteroatoms. The topological polar surface area (TPSA) is 87.9 Å². The van der Waals surface area contributed by atoms with E-state index in [1.807, 2.05) is 0 Å². The average Bonchev–Trinajstić information content (AvgIpc) is 3.43. The molecule has 0 N–H and O–H groups in total. The van der Waals surface area contributed by atoms with E-state index in [2.05, 4.69) is 58.2 Å². The van der Waals surface area contributed by atoms with Crippen LogP contribution in [-0.2, 0) is 20.1 Å². The number of aromatic nitrogens is 5. The van der Waals surface area contributed by atoms with Crippen LogP contribution in [0.2, 0.25) is 5.15 Å². The van der Waals surface area contributed by atoms with E-state index < -0.39 is 0 Å². The Morgan fingerprint density at radius 2 is 1.97 bits per heavy atom. The minimum Gasteiger partial charge on any atom is -0.364 e. The number of fused-ring (bicyclic) bond motifs is 1. The first-order valence-corrected chi connectivity index (χ1v) is 12.4. The Labute approximate surface area is 205 Å². The molecule has 0 spiro atoms. The molecular weight excluding hydrogens is 452 g/mol. The molecule has 0 aromatic carbocycles. The van der Waals surface area contributed by atoms with E-state index in [9.17, 15) is 4.79 Å². The van der Waals surface area contributed by atoms with Gasteiger partial charge in [-0.1, -0.05) is 25.4 Å². The third-order valence-corrected chi connectivity index (χ3v) is 7.49. The molecule has 1 saturated heterocycles. The molecule has 182 valence electrons. The average molecular weight is 485 g/mol. The van der Waals surface area contributed by atoms with E-state index in [1.165, 1.54) is 0 Å². The number of nitrogens with zero attached hydrogens (tertiary/aromatic N) is 8. The normalized spacial score (nSPS) is 20.1. The maximum absolute atomic E-state index is 12.8. The number of anilines is 1. The second-order valence-electron chi connectivity index (χ2n) is 8.98. The highest BCUT2D eigenvalue weighted by atomic mass is 35.5. The summed E-state index contributed by atoms with van der Waals surface area (Å²) in [5.74, 6) is 0.987. The molecule has 0 bridgehead atoms. The minimum atomic E-state index is -0.0719. The lowest BCUT2D eigenvalue weighted by Gasteiger charge is -2.49. The molecule has 1 aliphatic rings. The number of rotatable bonds is 7. The maximum atomic E-state index is 12.8. The third kappa shape index (κ3) is 4.10. The number of hydrogen-bond acceptors (Lipinski definition) is 6. The predicted molar refractivity (Wildman–Crippen MR) is 134 cm³/mol. The second kappa shape index (κ2) is 9.80. The molecule has 34 heavy (non-hydrogen) atoms. The summed E-state index contributed by atoms with van der Waals surface area (Å²) in [6.07, 6.45) is 5.42. The van der Waals surface area contributed by atoms with Crippen molar-refractivity contribution in [1.29, 1.82) is 5.26 Å². The fraction of sp³-hybridized carbons (Fsp3) is 0.583. The lowest BCUT2D eigenvalue weighted by atomic mass is 9.99. The molecule has 0 amide bonds. The molecule has 9 nitrogen and oxygen atoms in total. The minimum absolute atomic E-state index is 0.0719. The van der Waals surface area contributed by atoms with Gasteiger partial charge in [-0.3, -0.25) is 14.4 Å². The highest BCUT2D eigenvalue weighted by Crippen LogP contribution is 2.34. The maximum Gasteiger partial charge on any atom is 0.252 e. The van der Waals surface area contributed by atoms with Gasteiger partial charge in [0.15, 0.2) is 0 Å². The summed E-state index contributed by atoms with van der Waals surface area (Å²) in [6, 6.07) is 4.44. The highest BCUT2D eigenvalue weighted by molar-refractivity contribution is 6.29. The standard InChI is InChI=1S/C24H33ClN8O/c1-6-17-14-33(19-11-22(34)29(5)20-15-30(10-9-26)28-23(19)20)18(7-2)13-32(17)16(4)24-27-12-21(25)31(24)8-3/h11-12,15-18H,6-8,10,13-14H2,1-5H3/t16?,17-,18+/m1/s1. The van der Waals surface area contributed by atoms with Crippen molar-refractivity contribution in [1.82, 2.24) is 28.8 Å². The van der Waals surface area contributed by atoms with Crippen LogP contribution in [0.3, 0.4) is 0 Å². The Morgan fingerprint density at radius 3 is 2.62 bits per heavy atom. The molecule has 0 saturated carbocycles. The number of imidazole rings is 1. The van der Waals surface area contributed by atoms with Gasteiger partial charge in [0.25, 0.3) is 5.56 Å². The quantitative estimate of drug-likeness (QED) is 0.509. The van der Waals surface area contributed by atoms with Gasteiger partial charge in [0, 0.05) is 44.8 Å². The largest absolute Gasteiger partial charge is 0.364 e. The van der Waals surface area contributed by atoms with Crippen molar-refractivity contribution in [3.05, 3.63) is 39.8 Å². The zero-order valence-electron chi connectivity index (χ0n) is 20.6. The molecule has 3 aromatic heterocycles. The number of hydrogen-bond donors (Lipinski definition) is 0. The van der Waals surface area contributed by atoms with Crippen LogP contribution in [0, 0.1) is 11.3 Å². The fourth-order valence-electron chi connectivity index (χ4n) is 5.23. The highest BCUT2D eigenvalue weighted by Gasteiger charge is 2.37. The van der Waals surface area contributed by atoms with Gasteiger partial charge < -0.3 is 14.0 Å². The van der Waals surface area contributed by atoms with Crippen LogP contribution in [-0.4, -0.2) is 54.0 Å². The molecule has 1 aliphatic heterocycles. The predicted octanol–water partition coefficient (Wildman–Crippen LogP) is 3.57. The Bertz CT molecular complexity index is 1270. The van der Waals surface area contributed by atoms with Gasteiger partial charge in [0.1, 0.15) is 23.0 Å². The van der Waals surface area contributed by atoms with E-state index >= 15 is 0 Å². The van der Waals surface area contributed by atoms with Crippen LogP contribution >= 0.6 is 11.6 Å². The number of pyridine rings is 1. The lowest BCUT2D eigenvalue weighted by Crippen LogP contribution is -2.59. The van der Waals surface area contributed by atoms with E-state index in [-0.39, 0.29) is 30.2 Å². The number of piperazine rings is 1. The zero-order valence-corrected chi connectivity index (χ0v) is 21.3. The van der Waals surface area contributed by atoms with Crippen molar-refractivity contribution >= 4 is 28.3 Å². The Morgan fingerprint density at radius 1 is 1.24 bits per heavy atom. The van der Waals surface area contributed by atoms with E-state index in [0.29, 0.717) is 5.15 Å². The van der Waals surface area contributed by atoms with Crippen molar-refractivity contribution in [3.8, 4) is 6.07 Å². The molecule has 4 rings (SSSR count). The van der Waals surface area contributed by atoms with Crippen molar-refractivity contribution in [3.63, 3.8) is 0 Å². The molecule has 3 aromatic rings. The first kappa shape index (κ1) is 24.3. The second-order valence-corrected chi connectivity index (χ2v) is 9.37. The Kier molecular flexibility index (Phi) is 7.01. The molecule has 3 atom stereocenters. The third-order valence-electron chi connectivity index (χ3n) is 7.19. The number of aryl methyl sites for hydroxylation is 1. The number of nitriles is 1. The van der Waals surface area contributed by atoms with E-state index in [1.54, 1.807) is 34.8 Å². The molecule has 1 unspecified atom stereocenters. The lowest BCUT2D eigenvalue weighted by molar-refractivity contribution is 0.0951. The zero-order chi connectivity index (χ0) is 24.6. The van der Waals surface area contributed by atoms with Crippen molar-refractivity contribution in [2.45, 2.75) is 71.8 Å². The summed E-state index contributed by atoms with van der Waals surface area (Å²) in [6.45, 7) is 11.2. The van der Waals surface area contributed by atoms with E-state index in [0.717, 1.165) is 55.0 Å². The van der Waals surface area contributed by atoms with Crippen molar-refractivity contribution in [2.24, 2.45) is 7.05 Å². The van der Waals surface area contributed by atoms with Crippen LogP contribution in [0.4, 0.5) is 5.69 Å². The van der Waals surface area contributed by atoms with Gasteiger partial charge >= 0.3 is 0 Å². The number of halogens is 1. The Hall–Kier alpha value is -2.83. The SMILES string of the molecule is CC[C@H]1CN(C(C)c2ncc(Cl)n2CC)[C@H](CC)CN1c1cc(=O)n(C)c2cn(CC#N)nc12. The molecule has 0 aliphatic carbocycles. The van der Waals surface area contributed by atoms with Gasteiger partial charge in [-0.05, 0) is 26.7 Å². The van der Waals surface area contributed by atoms with Crippen LogP contribution in [0.25, 0.3) is 11.0 Å². The summed E-state index contributed by atoms with van der Waals surface area (Å²) < 4.78 is 5.28. The fourth-order valence-corrected chi connectivity index (χ4v) is 5.48. The Balaban J connectivity index is 1.73.